The summed E-state index contributed by atoms with van der Waals surface area (Å²) in [5.74, 6) is 0.694. The van der Waals surface area contributed by atoms with Gasteiger partial charge in [-0.1, -0.05) is 71.6 Å². The van der Waals surface area contributed by atoms with Crippen LogP contribution in [0.4, 0.5) is 0 Å². The van der Waals surface area contributed by atoms with Crippen LogP contribution >= 0.6 is 23.1 Å². The summed E-state index contributed by atoms with van der Waals surface area (Å²) in [7, 11) is 0. The van der Waals surface area contributed by atoms with Crippen molar-refractivity contribution in [2.24, 2.45) is 0 Å². The van der Waals surface area contributed by atoms with Gasteiger partial charge in [0.05, 0.1) is 18.8 Å². The van der Waals surface area contributed by atoms with Crippen LogP contribution in [0, 0.1) is 6.92 Å². The second-order valence-electron chi connectivity index (χ2n) is 7.90. The van der Waals surface area contributed by atoms with E-state index in [2.05, 4.69) is 15.5 Å². The number of rotatable bonds is 8. The summed E-state index contributed by atoms with van der Waals surface area (Å²) in [6, 6.07) is 15.8. The molecular weight excluding hydrogens is 458 g/mol. The van der Waals surface area contributed by atoms with E-state index in [0.717, 1.165) is 43.8 Å². The second-order valence-corrected chi connectivity index (χ2v) is 10.3. The van der Waals surface area contributed by atoms with E-state index in [4.69, 9.17) is 9.47 Å². The standard InChI is InChI=1S/C24H27N3O4S2/c1-15(29)25-12-17-3-9-20(10-4-17)23-30-21(14-32-24-27-26-16(2)33-24)11-22(31-23)19-7-5-18(13-28)6-8-19/h3-10,21-23,28H,11-14H2,1-2H3,(H,25,29). The van der Waals surface area contributed by atoms with Gasteiger partial charge in [0.15, 0.2) is 10.6 Å². The zero-order valence-corrected chi connectivity index (χ0v) is 20.2. The van der Waals surface area contributed by atoms with Crippen molar-refractivity contribution in [2.75, 3.05) is 5.75 Å². The normalized spacial score (nSPS) is 20.5. The Kier molecular flexibility index (Phi) is 8.11. The Morgan fingerprint density at radius 2 is 1.79 bits per heavy atom. The molecule has 0 radical (unpaired) electrons. The molecule has 1 saturated heterocycles. The SMILES string of the molecule is CC(=O)NCc1ccc(C2OC(CSc3nnc(C)s3)CC(c3ccc(CO)cc3)O2)cc1. The number of ether oxygens (including phenoxy) is 2. The van der Waals surface area contributed by atoms with E-state index >= 15 is 0 Å². The summed E-state index contributed by atoms with van der Waals surface area (Å²) >= 11 is 3.23. The monoisotopic (exact) mass is 485 g/mol. The number of carbonyl (C=O) groups is 1. The number of amides is 1. The molecule has 0 spiro atoms. The first-order valence-electron chi connectivity index (χ1n) is 10.8. The molecule has 0 saturated carbocycles. The number of nitrogens with zero attached hydrogens (tertiary/aromatic N) is 2. The van der Waals surface area contributed by atoms with Crippen LogP contribution in [-0.4, -0.2) is 33.1 Å². The van der Waals surface area contributed by atoms with Crippen LogP contribution in [0.5, 0.6) is 0 Å². The topological polar surface area (TPSA) is 93.6 Å². The third-order valence-corrected chi connectivity index (χ3v) is 7.41. The lowest BCUT2D eigenvalue weighted by Gasteiger charge is -2.36. The Hall–Kier alpha value is -2.30. The van der Waals surface area contributed by atoms with Crippen LogP contribution < -0.4 is 5.32 Å². The van der Waals surface area contributed by atoms with Gasteiger partial charge >= 0.3 is 0 Å². The number of benzene rings is 2. The van der Waals surface area contributed by atoms with Crippen molar-refractivity contribution in [3.8, 4) is 0 Å². The average molecular weight is 486 g/mol. The van der Waals surface area contributed by atoms with Crippen molar-refractivity contribution in [1.82, 2.24) is 15.5 Å². The molecule has 1 fully saturated rings. The molecule has 174 valence electrons. The molecule has 1 amide bonds. The van der Waals surface area contributed by atoms with Gasteiger partial charge < -0.3 is 19.9 Å². The maximum atomic E-state index is 11.2. The zero-order chi connectivity index (χ0) is 23.2. The fourth-order valence-electron chi connectivity index (χ4n) is 3.54. The molecule has 7 nitrogen and oxygen atoms in total. The minimum Gasteiger partial charge on any atom is -0.392 e. The molecule has 2 N–H and O–H groups in total. The first-order valence-corrected chi connectivity index (χ1v) is 12.6. The predicted molar refractivity (Wildman–Crippen MR) is 128 cm³/mol. The maximum Gasteiger partial charge on any atom is 0.217 e. The summed E-state index contributed by atoms with van der Waals surface area (Å²) in [5, 5.41) is 21.4. The smallest absolute Gasteiger partial charge is 0.217 e. The number of hydrogen-bond donors (Lipinski definition) is 2. The number of hydrogen-bond acceptors (Lipinski definition) is 8. The highest BCUT2D eigenvalue weighted by atomic mass is 32.2. The summed E-state index contributed by atoms with van der Waals surface area (Å²) in [6.07, 6.45) is 0.0649. The summed E-state index contributed by atoms with van der Waals surface area (Å²) in [6.45, 7) is 3.96. The first-order chi connectivity index (χ1) is 16.0. The fraction of sp³-hybridized carbons (Fsp3) is 0.375. The van der Waals surface area contributed by atoms with Gasteiger partial charge in [-0.05, 0) is 23.6 Å². The number of carbonyl (C=O) groups excluding carboxylic acids is 1. The fourth-order valence-corrected chi connectivity index (χ4v) is 5.40. The quantitative estimate of drug-likeness (QED) is 0.459. The van der Waals surface area contributed by atoms with Gasteiger partial charge in [-0.2, -0.15) is 0 Å². The van der Waals surface area contributed by atoms with E-state index < -0.39 is 6.29 Å². The highest BCUT2D eigenvalue weighted by Crippen LogP contribution is 2.39. The molecule has 0 aliphatic carbocycles. The molecule has 3 unspecified atom stereocenters. The molecule has 9 heteroatoms. The van der Waals surface area contributed by atoms with Crippen molar-refractivity contribution in [3.05, 3.63) is 75.8 Å². The largest absolute Gasteiger partial charge is 0.392 e. The predicted octanol–water partition coefficient (Wildman–Crippen LogP) is 4.31. The van der Waals surface area contributed by atoms with Crippen molar-refractivity contribution in [2.45, 2.75) is 56.3 Å². The highest BCUT2D eigenvalue weighted by molar-refractivity contribution is 8.01. The lowest BCUT2D eigenvalue weighted by atomic mass is 10.0. The van der Waals surface area contributed by atoms with Crippen LogP contribution in [-0.2, 0) is 27.4 Å². The number of aromatic nitrogens is 2. The first kappa shape index (κ1) is 23.8. The molecule has 2 heterocycles. The van der Waals surface area contributed by atoms with E-state index in [0.29, 0.717) is 6.54 Å². The molecule has 1 aliphatic rings. The van der Waals surface area contributed by atoms with Crippen LogP contribution in [0.2, 0.25) is 0 Å². The lowest BCUT2D eigenvalue weighted by Crippen LogP contribution is -2.31. The van der Waals surface area contributed by atoms with E-state index in [1.807, 2.05) is 55.5 Å². The van der Waals surface area contributed by atoms with Gasteiger partial charge in [0.1, 0.15) is 5.01 Å². The average Bonchev–Trinajstić information content (AvgIpc) is 3.26. The maximum absolute atomic E-state index is 11.2. The zero-order valence-electron chi connectivity index (χ0n) is 18.6. The third kappa shape index (κ3) is 6.61. The third-order valence-electron chi connectivity index (χ3n) is 5.31. The Balaban J connectivity index is 1.49. The molecule has 4 rings (SSSR count). The van der Waals surface area contributed by atoms with Gasteiger partial charge in [-0.25, -0.2) is 0 Å². The van der Waals surface area contributed by atoms with Gasteiger partial charge in [-0.3, -0.25) is 4.79 Å². The van der Waals surface area contributed by atoms with Gasteiger partial charge in [-0.15, -0.1) is 10.2 Å². The molecular formula is C24H27N3O4S2. The number of aryl methyl sites for hydroxylation is 1. The van der Waals surface area contributed by atoms with Crippen LogP contribution in [0.15, 0.2) is 52.9 Å². The van der Waals surface area contributed by atoms with Gasteiger partial charge in [0, 0.05) is 31.2 Å². The Labute approximate surface area is 201 Å². The molecule has 0 bridgehead atoms. The van der Waals surface area contributed by atoms with Gasteiger partial charge in [0.2, 0.25) is 5.91 Å². The lowest BCUT2D eigenvalue weighted by molar-refractivity contribution is -0.245. The highest BCUT2D eigenvalue weighted by Gasteiger charge is 2.32. The summed E-state index contributed by atoms with van der Waals surface area (Å²) in [4.78, 5) is 11.2. The molecule has 1 aromatic heterocycles. The minimum absolute atomic E-state index is 0.0168. The van der Waals surface area contributed by atoms with E-state index in [-0.39, 0.29) is 24.7 Å². The second kappa shape index (κ2) is 11.2. The Bertz CT molecular complexity index is 1060. The van der Waals surface area contributed by atoms with Crippen molar-refractivity contribution in [1.29, 1.82) is 0 Å². The van der Waals surface area contributed by atoms with Gasteiger partial charge in [0.25, 0.3) is 0 Å². The number of aliphatic hydroxyl groups is 1. The molecule has 1 aliphatic heterocycles. The number of thioether (sulfide) groups is 1. The molecule has 2 aromatic carbocycles. The molecule has 3 atom stereocenters. The van der Waals surface area contributed by atoms with Crippen molar-refractivity contribution in [3.63, 3.8) is 0 Å². The van der Waals surface area contributed by atoms with Crippen LogP contribution in [0.1, 0.15) is 53.0 Å². The van der Waals surface area contributed by atoms with Crippen molar-refractivity contribution >= 4 is 29.0 Å². The van der Waals surface area contributed by atoms with Crippen molar-refractivity contribution < 1.29 is 19.4 Å². The summed E-state index contributed by atoms with van der Waals surface area (Å²) < 4.78 is 13.6. The number of aliphatic hydroxyl groups excluding tert-OH is 1. The van der Waals surface area contributed by atoms with Crippen LogP contribution in [0.3, 0.4) is 0 Å². The minimum atomic E-state index is -0.502. The van der Waals surface area contributed by atoms with Crippen LogP contribution in [0.25, 0.3) is 0 Å². The molecule has 3 aromatic rings. The summed E-state index contributed by atoms with van der Waals surface area (Å²) in [5.41, 5.74) is 3.88. The van der Waals surface area contributed by atoms with E-state index in [9.17, 15) is 9.90 Å². The Morgan fingerprint density at radius 1 is 1.09 bits per heavy atom. The van der Waals surface area contributed by atoms with E-state index in [1.165, 1.54) is 6.92 Å². The molecule has 33 heavy (non-hydrogen) atoms. The van der Waals surface area contributed by atoms with E-state index in [1.54, 1.807) is 23.1 Å². The number of nitrogens with one attached hydrogen (secondary N) is 1. The Morgan fingerprint density at radius 3 is 2.42 bits per heavy atom.